The van der Waals surface area contributed by atoms with E-state index < -0.39 is 11.6 Å². The highest BCUT2D eigenvalue weighted by molar-refractivity contribution is 6.25. The fourth-order valence-electron chi connectivity index (χ4n) is 2.68. The molecule has 0 bridgehead atoms. The third-order valence-corrected chi connectivity index (χ3v) is 3.87. The van der Waals surface area contributed by atoms with Crippen molar-refractivity contribution in [2.75, 3.05) is 0 Å². The molecule has 0 atom stereocenters. The topological polar surface area (TPSA) is 49.2 Å². The molecule has 0 fully saturated rings. The second kappa shape index (κ2) is 7.07. The van der Waals surface area contributed by atoms with E-state index in [-0.39, 0.29) is 11.6 Å². The molecule has 0 unspecified atom stereocenters. The lowest BCUT2D eigenvalue weighted by atomic mass is 10.1. The van der Waals surface area contributed by atoms with Crippen LogP contribution in [0.1, 0.15) is 0 Å². The van der Waals surface area contributed by atoms with Gasteiger partial charge in [-0.1, -0.05) is 30.3 Å². The Morgan fingerprint density at radius 2 is 1.85 bits per heavy atom. The quantitative estimate of drug-likeness (QED) is 0.497. The van der Waals surface area contributed by atoms with Gasteiger partial charge in [0.25, 0.3) is 0 Å². The van der Waals surface area contributed by atoms with Crippen LogP contribution in [0.3, 0.4) is 0 Å². The minimum Gasteiger partial charge on any atom is -0.475 e. The molecule has 27 heavy (non-hydrogen) atoms. The van der Waals surface area contributed by atoms with Crippen molar-refractivity contribution in [3.05, 3.63) is 72.4 Å². The summed E-state index contributed by atoms with van der Waals surface area (Å²) < 4.78 is 37.8. The SMILES string of the molecule is C[B]On1nc(-c2ccccc2)c2cnc(Oc3ccc(F)cc3F)cc21. The van der Waals surface area contributed by atoms with Crippen molar-refractivity contribution < 1.29 is 18.3 Å². The second-order valence-electron chi connectivity index (χ2n) is 5.65. The molecule has 0 aliphatic rings. The number of rotatable bonds is 5. The number of aromatic nitrogens is 3. The minimum absolute atomic E-state index is 0.124. The molecular formula is C19H13BF2N3O2. The Morgan fingerprint density at radius 1 is 1.04 bits per heavy atom. The molecule has 4 aromatic rings. The maximum absolute atomic E-state index is 13.8. The van der Waals surface area contributed by atoms with E-state index in [1.54, 1.807) is 19.1 Å². The third kappa shape index (κ3) is 3.33. The molecule has 2 aromatic carbocycles. The number of pyridine rings is 1. The molecule has 0 saturated carbocycles. The van der Waals surface area contributed by atoms with Gasteiger partial charge in [0.1, 0.15) is 17.0 Å². The normalized spacial score (nSPS) is 10.8. The van der Waals surface area contributed by atoms with Crippen LogP contribution in [0.25, 0.3) is 22.2 Å². The summed E-state index contributed by atoms with van der Waals surface area (Å²) in [4.78, 5) is 5.56. The molecule has 0 N–H and O–H groups in total. The third-order valence-electron chi connectivity index (χ3n) is 3.87. The van der Waals surface area contributed by atoms with E-state index in [4.69, 9.17) is 9.49 Å². The van der Waals surface area contributed by atoms with Crippen molar-refractivity contribution in [1.82, 2.24) is 14.9 Å². The molecule has 0 spiro atoms. The van der Waals surface area contributed by atoms with E-state index in [2.05, 4.69) is 10.1 Å². The molecule has 2 heterocycles. The molecule has 0 amide bonds. The summed E-state index contributed by atoms with van der Waals surface area (Å²) in [7, 11) is 1.49. The van der Waals surface area contributed by atoms with Gasteiger partial charge in [-0.2, -0.15) is 0 Å². The van der Waals surface area contributed by atoms with E-state index in [1.807, 2.05) is 30.3 Å². The zero-order chi connectivity index (χ0) is 18.8. The molecule has 0 saturated heterocycles. The van der Waals surface area contributed by atoms with Crippen molar-refractivity contribution in [1.29, 1.82) is 0 Å². The summed E-state index contributed by atoms with van der Waals surface area (Å²) in [6.07, 6.45) is 1.58. The van der Waals surface area contributed by atoms with Crippen LogP contribution in [0.5, 0.6) is 11.6 Å². The van der Waals surface area contributed by atoms with Crippen molar-refractivity contribution in [3.8, 4) is 22.9 Å². The average Bonchev–Trinajstić information content (AvgIpc) is 3.03. The van der Waals surface area contributed by atoms with Crippen LogP contribution in [0.2, 0.25) is 6.82 Å². The van der Waals surface area contributed by atoms with Crippen LogP contribution >= 0.6 is 0 Å². The zero-order valence-corrected chi connectivity index (χ0v) is 14.3. The highest BCUT2D eigenvalue weighted by Crippen LogP contribution is 2.30. The van der Waals surface area contributed by atoms with Crippen LogP contribution in [-0.2, 0) is 0 Å². The molecule has 133 valence electrons. The number of ether oxygens (including phenoxy) is 1. The number of nitrogens with zero attached hydrogens (tertiary/aromatic N) is 3. The zero-order valence-electron chi connectivity index (χ0n) is 14.3. The number of fused-ring (bicyclic) bond motifs is 1. The summed E-state index contributed by atoms with van der Waals surface area (Å²) in [5.41, 5.74) is 2.19. The molecule has 8 heteroatoms. The largest absolute Gasteiger partial charge is 0.475 e. The molecule has 1 radical (unpaired) electrons. The Kier molecular flexibility index (Phi) is 4.46. The maximum Gasteiger partial charge on any atom is 0.407 e. The van der Waals surface area contributed by atoms with E-state index >= 15 is 0 Å². The summed E-state index contributed by atoms with van der Waals surface area (Å²) in [5.74, 6) is -1.48. The van der Waals surface area contributed by atoms with E-state index in [0.29, 0.717) is 11.2 Å². The van der Waals surface area contributed by atoms with Gasteiger partial charge in [-0.05, 0) is 19.0 Å². The number of hydrogen-bond donors (Lipinski definition) is 0. The van der Waals surface area contributed by atoms with Crippen LogP contribution in [0, 0.1) is 11.6 Å². The van der Waals surface area contributed by atoms with Crippen molar-refractivity contribution in [2.24, 2.45) is 0 Å². The number of benzene rings is 2. The molecule has 2 aromatic heterocycles. The predicted molar refractivity (Wildman–Crippen MR) is 97.6 cm³/mol. The van der Waals surface area contributed by atoms with Gasteiger partial charge in [0, 0.05) is 23.9 Å². The highest BCUT2D eigenvalue weighted by atomic mass is 19.1. The molecule has 0 aliphatic carbocycles. The van der Waals surface area contributed by atoms with E-state index in [1.165, 1.54) is 18.4 Å². The van der Waals surface area contributed by atoms with E-state index in [0.717, 1.165) is 23.1 Å². The fraction of sp³-hybridized carbons (Fsp3) is 0.0526. The van der Waals surface area contributed by atoms with Gasteiger partial charge < -0.3 is 9.49 Å². The Hall–Kier alpha value is -3.42. The smallest absolute Gasteiger partial charge is 0.407 e. The van der Waals surface area contributed by atoms with Crippen molar-refractivity contribution >= 4 is 18.4 Å². The average molecular weight is 364 g/mol. The van der Waals surface area contributed by atoms with Gasteiger partial charge in [-0.3, -0.25) is 0 Å². The van der Waals surface area contributed by atoms with Gasteiger partial charge in [-0.15, -0.1) is 9.94 Å². The molecular weight excluding hydrogens is 351 g/mol. The van der Waals surface area contributed by atoms with Gasteiger partial charge >= 0.3 is 7.48 Å². The first-order chi connectivity index (χ1) is 13.2. The summed E-state index contributed by atoms with van der Waals surface area (Å²) in [6.45, 7) is 1.72. The molecule has 0 aliphatic heterocycles. The lowest BCUT2D eigenvalue weighted by Gasteiger charge is -2.07. The summed E-state index contributed by atoms with van der Waals surface area (Å²) in [5, 5.41) is 5.22. The van der Waals surface area contributed by atoms with E-state index in [9.17, 15) is 8.78 Å². The monoisotopic (exact) mass is 364 g/mol. The number of hydrogen-bond acceptors (Lipinski definition) is 4. The van der Waals surface area contributed by atoms with Crippen LogP contribution in [0.4, 0.5) is 8.78 Å². The van der Waals surface area contributed by atoms with Gasteiger partial charge in [-0.25, -0.2) is 13.8 Å². The Labute approximate surface area is 154 Å². The number of halogens is 2. The predicted octanol–water partition coefficient (Wildman–Crippen LogP) is 4.26. The van der Waals surface area contributed by atoms with Crippen LogP contribution < -0.4 is 9.49 Å². The summed E-state index contributed by atoms with van der Waals surface area (Å²) >= 11 is 0. The summed E-state index contributed by atoms with van der Waals surface area (Å²) in [6, 6.07) is 14.3. The second-order valence-corrected chi connectivity index (χ2v) is 5.65. The molecule has 4 rings (SSSR count). The maximum atomic E-state index is 13.8. The Morgan fingerprint density at radius 3 is 2.59 bits per heavy atom. The van der Waals surface area contributed by atoms with Gasteiger partial charge in [0.2, 0.25) is 5.88 Å². The van der Waals surface area contributed by atoms with Crippen molar-refractivity contribution in [2.45, 2.75) is 6.82 Å². The van der Waals surface area contributed by atoms with Gasteiger partial charge in [0.15, 0.2) is 11.6 Å². The van der Waals surface area contributed by atoms with Gasteiger partial charge in [0.05, 0.1) is 5.39 Å². The lowest BCUT2D eigenvalue weighted by Crippen LogP contribution is -2.14. The van der Waals surface area contributed by atoms with Crippen LogP contribution in [-0.4, -0.2) is 22.4 Å². The van der Waals surface area contributed by atoms with Crippen molar-refractivity contribution in [3.63, 3.8) is 0 Å². The molecule has 5 nitrogen and oxygen atoms in total. The standard InChI is InChI=1S/C19H13BF2N3O2/c1-20-27-25-16-10-18(26-17-8-7-13(21)9-15(17)22)23-11-14(16)19(24-25)12-5-3-2-4-6-12/h2-11H,1H3. The first-order valence-corrected chi connectivity index (χ1v) is 8.18. The van der Waals surface area contributed by atoms with Crippen LogP contribution in [0.15, 0.2) is 60.8 Å². The fourth-order valence-corrected chi connectivity index (χ4v) is 2.68. The Bertz CT molecular complexity index is 1100. The first kappa shape index (κ1) is 17.0. The lowest BCUT2D eigenvalue weighted by molar-refractivity contribution is 0.262. The highest BCUT2D eigenvalue weighted by Gasteiger charge is 2.16. The first-order valence-electron chi connectivity index (χ1n) is 8.18. The Balaban J connectivity index is 1.78. The minimum atomic E-state index is -0.812.